The largest absolute Gasteiger partial charge is 0.348 e. The van der Waals surface area contributed by atoms with E-state index in [1.54, 1.807) is 6.07 Å². The second-order valence-electron chi connectivity index (χ2n) is 4.67. The van der Waals surface area contributed by atoms with Crippen LogP contribution in [0.2, 0.25) is 0 Å². The van der Waals surface area contributed by atoms with Crippen molar-refractivity contribution in [3.05, 3.63) is 64.7 Å². The summed E-state index contributed by atoms with van der Waals surface area (Å²) in [5.41, 5.74) is 3.95. The average molecular weight is 271 g/mol. The van der Waals surface area contributed by atoms with Crippen molar-refractivity contribution in [3.63, 3.8) is 0 Å². The van der Waals surface area contributed by atoms with Gasteiger partial charge in [0.15, 0.2) is 0 Å². The zero-order valence-corrected chi connectivity index (χ0v) is 12.0. The van der Waals surface area contributed by atoms with Crippen LogP contribution < -0.4 is 5.32 Å². The highest BCUT2D eigenvalue weighted by Crippen LogP contribution is 2.14. The van der Waals surface area contributed by atoms with Crippen molar-refractivity contribution in [1.29, 1.82) is 0 Å². The van der Waals surface area contributed by atoms with Crippen molar-refractivity contribution in [1.82, 2.24) is 5.32 Å². The molecule has 1 N–H and O–H groups in total. The molecule has 0 bridgehead atoms. The van der Waals surface area contributed by atoms with Crippen molar-refractivity contribution in [2.45, 2.75) is 25.3 Å². The molecular weight excluding hydrogens is 254 g/mol. The van der Waals surface area contributed by atoms with Gasteiger partial charge in [-0.3, -0.25) is 4.79 Å². The Morgan fingerprint density at radius 1 is 1.11 bits per heavy atom. The Kier molecular flexibility index (Phi) is 4.27. The SMILES string of the molecule is Cc1ccc(CNC(=O)c2cc(S)ccc2C)cc1. The Bertz CT molecular complexity index is 590. The summed E-state index contributed by atoms with van der Waals surface area (Å²) < 4.78 is 0. The molecule has 2 aromatic carbocycles. The number of carbonyl (C=O) groups excluding carboxylic acids is 1. The fraction of sp³-hybridized carbons (Fsp3) is 0.188. The minimum absolute atomic E-state index is 0.0611. The van der Waals surface area contributed by atoms with E-state index in [9.17, 15) is 4.79 Å². The zero-order valence-electron chi connectivity index (χ0n) is 11.1. The topological polar surface area (TPSA) is 29.1 Å². The van der Waals surface area contributed by atoms with E-state index in [-0.39, 0.29) is 5.91 Å². The molecule has 1 amide bonds. The molecule has 0 spiro atoms. The van der Waals surface area contributed by atoms with Crippen LogP contribution in [0.15, 0.2) is 47.4 Å². The summed E-state index contributed by atoms with van der Waals surface area (Å²) >= 11 is 4.27. The number of nitrogens with one attached hydrogen (secondary N) is 1. The third-order valence-corrected chi connectivity index (χ3v) is 3.32. The van der Waals surface area contributed by atoms with Gasteiger partial charge in [0.2, 0.25) is 0 Å². The molecule has 2 rings (SSSR count). The van der Waals surface area contributed by atoms with E-state index in [0.29, 0.717) is 12.1 Å². The van der Waals surface area contributed by atoms with E-state index >= 15 is 0 Å². The molecule has 0 unspecified atom stereocenters. The number of carbonyl (C=O) groups is 1. The minimum Gasteiger partial charge on any atom is -0.348 e. The van der Waals surface area contributed by atoms with Gasteiger partial charge in [-0.1, -0.05) is 35.9 Å². The minimum atomic E-state index is -0.0611. The smallest absolute Gasteiger partial charge is 0.251 e. The van der Waals surface area contributed by atoms with Crippen molar-refractivity contribution in [2.24, 2.45) is 0 Å². The monoisotopic (exact) mass is 271 g/mol. The second kappa shape index (κ2) is 5.93. The predicted molar refractivity (Wildman–Crippen MR) is 80.8 cm³/mol. The fourth-order valence-corrected chi connectivity index (χ4v) is 2.04. The molecule has 0 aromatic heterocycles. The molecule has 0 fully saturated rings. The molecule has 0 aliphatic carbocycles. The van der Waals surface area contributed by atoms with Crippen LogP contribution in [0.3, 0.4) is 0 Å². The van der Waals surface area contributed by atoms with Gasteiger partial charge >= 0.3 is 0 Å². The third kappa shape index (κ3) is 3.61. The Hall–Kier alpha value is -1.74. The summed E-state index contributed by atoms with van der Waals surface area (Å²) in [6.07, 6.45) is 0. The van der Waals surface area contributed by atoms with E-state index < -0.39 is 0 Å². The first kappa shape index (κ1) is 13.7. The first-order valence-corrected chi connectivity index (χ1v) is 6.64. The van der Waals surface area contributed by atoms with Gasteiger partial charge in [-0.2, -0.15) is 0 Å². The molecule has 0 aliphatic rings. The number of thiol groups is 1. The maximum absolute atomic E-state index is 12.1. The quantitative estimate of drug-likeness (QED) is 0.822. The van der Waals surface area contributed by atoms with Gasteiger partial charge in [0.1, 0.15) is 0 Å². The fourth-order valence-electron chi connectivity index (χ4n) is 1.84. The van der Waals surface area contributed by atoms with Crippen molar-refractivity contribution >= 4 is 18.5 Å². The van der Waals surface area contributed by atoms with Gasteiger partial charge < -0.3 is 5.32 Å². The van der Waals surface area contributed by atoms with Gasteiger partial charge in [-0.15, -0.1) is 12.6 Å². The van der Waals surface area contributed by atoms with Crippen LogP contribution in [0.4, 0.5) is 0 Å². The maximum atomic E-state index is 12.1. The van der Waals surface area contributed by atoms with Crippen LogP contribution >= 0.6 is 12.6 Å². The Balaban J connectivity index is 2.05. The van der Waals surface area contributed by atoms with Crippen molar-refractivity contribution in [3.8, 4) is 0 Å². The number of amides is 1. The molecule has 0 saturated heterocycles. The summed E-state index contributed by atoms with van der Waals surface area (Å²) in [7, 11) is 0. The number of aryl methyl sites for hydroxylation is 2. The van der Waals surface area contributed by atoms with Gasteiger partial charge in [-0.05, 0) is 37.1 Å². The van der Waals surface area contributed by atoms with Crippen molar-refractivity contribution in [2.75, 3.05) is 0 Å². The number of rotatable bonds is 3. The lowest BCUT2D eigenvalue weighted by Crippen LogP contribution is -2.23. The van der Waals surface area contributed by atoms with Gasteiger partial charge in [0, 0.05) is 17.0 Å². The van der Waals surface area contributed by atoms with E-state index in [2.05, 4.69) is 17.9 Å². The standard InChI is InChI=1S/C16H17NOS/c1-11-3-6-13(7-4-11)10-17-16(18)15-9-14(19)8-5-12(15)2/h3-9,19H,10H2,1-2H3,(H,17,18). The summed E-state index contributed by atoms with van der Waals surface area (Å²) in [4.78, 5) is 12.9. The molecule has 98 valence electrons. The molecule has 0 heterocycles. The number of hydrogen-bond donors (Lipinski definition) is 2. The number of benzene rings is 2. The Morgan fingerprint density at radius 3 is 2.47 bits per heavy atom. The first-order chi connectivity index (χ1) is 9.06. The zero-order chi connectivity index (χ0) is 13.8. The molecule has 0 saturated carbocycles. The van der Waals surface area contributed by atoms with Gasteiger partial charge in [-0.25, -0.2) is 0 Å². The van der Waals surface area contributed by atoms with Gasteiger partial charge in [0.05, 0.1) is 0 Å². The summed E-state index contributed by atoms with van der Waals surface area (Å²) in [6.45, 7) is 4.51. The average Bonchev–Trinajstić information content (AvgIpc) is 2.40. The van der Waals surface area contributed by atoms with E-state index in [0.717, 1.165) is 16.0 Å². The highest BCUT2D eigenvalue weighted by atomic mass is 32.1. The molecule has 19 heavy (non-hydrogen) atoms. The van der Waals surface area contributed by atoms with Crippen LogP contribution in [0, 0.1) is 13.8 Å². The molecule has 2 nitrogen and oxygen atoms in total. The van der Waals surface area contributed by atoms with Crippen molar-refractivity contribution < 1.29 is 4.79 Å². The van der Waals surface area contributed by atoms with E-state index in [4.69, 9.17) is 0 Å². The van der Waals surface area contributed by atoms with Crippen LogP contribution in [-0.2, 0) is 6.54 Å². The van der Waals surface area contributed by atoms with Gasteiger partial charge in [0.25, 0.3) is 5.91 Å². The van der Waals surface area contributed by atoms with E-state index in [1.807, 2.05) is 50.2 Å². The van der Waals surface area contributed by atoms with Crippen LogP contribution in [0.5, 0.6) is 0 Å². The van der Waals surface area contributed by atoms with E-state index in [1.165, 1.54) is 5.56 Å². The first-order valence-electron chi connectivity index (χ1n) is 6.19. The lowest BCUT2D eigenvalue weighted by atomic mass is 10.1. The molecule has 0 radical (unpaired) electrons. The lowest BCUT2D eigenvalue weighted by molar-refractivity contribution is 0.0950. The summed E-state index contributed by atoms with van der Waals surface area (Å²) in [5, 5.41) is 2.93. The maximum Gasteiger partial charge on any atom is 0.251 e. The third-order valence-electron chi connectivity index (χ3n) is 3.04. The second-order valence-corrected chi connectivity index (χ2v) is 5.18. The molecular formula is C16H17NOS. The normalized spacial score (nSPS) is 10.3. The molecule has 0 aliphatic heterocycles. The van der Waals surface area contributed by atoms with Crippen LogP contribution in [0.1, 0.15) is 27.0 Å². The Morgan fingerprint density at radius 2 is 1.79 bits per heavy atom. The predicted octanol–water partition coefficient (Wildman–Crippen LogP) is 3.52. The number of hydrogen-bond acceptors (Lipinski definition) is 2. The summed E-state index contributed by atoms with van der Waals surface area (Å²) in [6, 6.07) is 13.7. The highest BCUT2D eigenvalue weighted by molar-refractivity contribution is 7.80. The Labute approximate surface area is 119 Å². The van der Waals surface area contributed by atoms with Crippen LogP contribution in [0.25, 0.3) is 0 Å². The lowest BCUT2D eigenvalue weighted by Gasteiger charge is -2.08. The summed E-state index contributed by atoms with van der Waals surface area (Å²) in [5.74, 6) is -0.0611. The molecule has 0 atom stereocenters. The molecule has 2 aromatic rings. The van der Waals surface area contributed by atoms with Crippen LogP contribution in [-0.4, -0.2) is 5.91 Å². The molecule has 3 heteroatoms. The highest BCUT2D eigenvalue weighted by Gasteiger charge is 2.08.